The lowest BCUT2D eigenvalue weighted by molar-refractivity contribution is -0.0504. The van der Waals surface area contributed by atoms with Crippen LogP contribution < -0.4 is 15.0 Å². The predicted octanol–water partition coefficient (Wildman–Crippen LogP) is 3.29. The maximum Gasteiger partial charge on any atom is 0.387 e. The fraction of sp³-hybridized carbons (Fsp3) is 0.375. The number of halogens is 3. The zero-order valence-corrected chi connectivity index (χ0v) is 14.9. The summed E-state index contributed by atoms with van der Waals surface area (Å²) >= 11 is 3.34. The molecule has 134 valence electrons. The van der Waals surface area contributed by atoms with Crippen LogP contribution >= 0.6 is 15.9 Å². The van der Waals surface area contributed by atoms with Gasteiger partial charge in [-0.05, 0) is 18.2 Å². The van der Waals surface area contributed by atoms with Gasteiger partial charge in [0.25, 0.3) is 0 Å². The average molecular weight is 415 g/mol. The number of nitrogens with zero attached hydrogens (tertiary/aromatic N) is 3. The van der Waals surface area contributed by atoms with Gasteiger partial charge in [0.2, 0.25) is 0 Å². The van der Waals surface area contributed by atoms with Crippen molar-refractivity contribution in [3.05, 3.63) is 40.6 Å². The van der Waals surface area contributed by atoms with Gasteiger partial charge in [-0.25, -0.2) is 9.97 Å². The first kappa shape index (κ1) is 17.8. The Morgan fingerprint density at radius 3 is 2.80 bits per heavy atom. The third kappa shape index (κ3) is 4.99. The Balaban J connectivity index is 1.70. The first-order valence-corrected chi connectivity index (χ1v) is 8.53. The van der Waals surface area contributed by atoms with E-state index in [1.807, 2.05) is 6.07 Å². The summed E-state index contributed by atoms with van der Waals surface area (Å²) in [7, 11) is 0. The molecule has 1 aromatic heterocycles. The number of aromatic nitrogens is 2. The summed E-state index contributed by atoms with van der Waals surface area (Å²) in [5.74, 6) is 1.55. The molecule has 1 saturated heterocycles. The van der Waals surface area contributed by atoms with E-state index in [4.69, 9.17) is 4.74 Å². The Morgan fingerprint density at radius 2 is 2.04 bits per heavy atom. The minimum absolute atomic E-state index is 0.133. The van der Waals surface area contributed by atoms with E-state index in [0.29, 0.717) is 31.1 Å². The number of nitrogens with one attached hydrogen (secondary N) is 1. The van der Waals surface area contributed by atoms with Gasteiger partial charge >= 0.3 is 6.61 Å². The molecule has 9 heteroatoms. The molecule has 0 spiro atoms. The molecule has 1 aliphatic heterocycles. The van der Waals surface area contributed by atoms with Crippen LogP contribution in [0, 0.1) is 0 Å². The van der Waals surface area contributed by atoms with E-state index in [1.165, 1.54) is 12.4 Å². The lowest BCUT2D eigenvalue weighted by Crippen LogP contribution is -2.36. The molecule has 25 heavy (non-hydrogen) atoms. The smallest absolute Gasteiger partial charge is 0.387 e. The lowest BCUT2D eigenvalue weighted by atomic mass is 10.2. The molecule has 0 bridgehead atoms. The van der Waals surface area contributed by atoms with Crippen LogP contribution in [0.2, 0.25) is 0 Å². The average Bonchev–Trinajstić information content (AvgIpc) is 2.62. The molecule has 1 aliphatic rings. The highest BCUT2D eigenvalue weighted by Crippen LogP contribution is 2.26. The summed E-state index contributed by atoms with van der Waals surface area (Å²) in [6, 6.07) is 6.72. The number of anilines is 2. The molecule has 6 nitrogen and oxygen atoms in total. The third-order valence-electron chi connectivity index (χ3n) is 3.69. The number of hydrogen-bond acceptors (Lipinski definition) is 6. The Morgan fingerprint density at radius 1 is 1.24 bits per heavy atom. The first-order chi connectivity index (χ1) is 12.1. The topological polar surface area (TPSA) is 59.5 Å². The maximum absolute atomic E-state index is 12.5. The molecule has 0 radical (unpaired) electrons. The molecule has 1 fully saturated rings. The number of morpholine rings is 1. The Kier molecular flexibility index (Phi) is 5.98. The highest BCUT2D eigenvalue weighted by atomic mass is 79.9. The minimum atomic E-state index is -2.87. The second kappa shape index (κ2) is 8.39. The van der Waals surface area contributed by atoms with E-state index in [1.54, 1.807) is 12.1 Å². The van der Waals surface area contributed by atoms with Crippen molar-refractivity contribution in [3.8, 4) is 5.75 Å². The van der Waals surface area contributed by atoms with Gasteiger partial charge < -0.3 is 19.7 Å². The summed E-state index contributed by atoms with van der Waals surface area (Å²) in [6.45, 7) is 0.300. The normalized spacial score (nSPS) is 14.6. The van der Waals surface area contributed by atoms with Crippen LogP contribution in [-0.2, 0) is 11.3 Å². The second-order valence-electron chi connectivity index (χ2n) is 5.34. The van der Waals surface area contributed by atoms with Gasteiger partial charge in [-0.2, -0.15) is 8.78 Å². The third-order valence-corrected chi connectivity index (χ3v) is 4.18. The van der Waals surface area contributed by atoms with Gasteiger partial charge in [-0.3, -0.25) is 0 Å². The number of alkyl halides is 2. The van der Waals surface area contributed by atoms with Crippen molar-refractivity contribution in [2.24, 2.45) is 0 Å². The fourth-order valence-corrected chi connectivity index (χ4v) is 2.90. The van der Waals surface area contributed by atoms with Crippen LogP contribution in [0.15, 0.2) is 35.1 Å². The maximum atomic E-state index is 12.5. The van der Waals surface area contributed by atoms with E-state index in [2.05, 4.69) is 40.9 Å². The zero-order chi connectivity index (χ0) is 17.6. The standard InChI is InChI=1S/C16H17BrF2N4O2/c17-12-1-2-13(25-16(18)19)11(7-12)9-20-14-8-15(22-10-21-14)23-3-5-24-6-4-23/h1-2,7-8,10,16H,3-6,9H2,(H,20,21,22). The van der Waals surface area contributed by atoms with Gasteiger partial charge in [0.15, 0.2) is 0 Å². The molecule has 2 aromatic rings. The van der Waals surface area contributed by atoms with Gasteiger partial charge in [0, 0.05) is 35.7 Å². The molecule has 0 aliphatic carbocycles. The lowest BCUT2D eigenvalue weighted by Gasteiger charge is -2.27. The Bertz CT molecular complexity index is 714. The van der Waals surface area contributed by atoms with Gasteiger partial charge in [-0.15, -0.1) is 0 Å². The number of rotatable bonds is 6. The quantitative estimate of drug-likeness (QED) is 0.782. The van der Waals surface area contributed by atoms with Crippen molar-refractivity contribution >= 4 is 27.6 Å². The SMILES string of the molecule is FC(F)Oc1ccc(Br)cc1CNc1cc(N2CCOCC2)ncn1. The molecular weight excluding hydrogens is 398 g/mol. The van der Waals surface area contributed by atoms with Crippen molar-refractivity contribution < 1.29 is 18.3 Å². The highest BCUT2D eigenvalue weighted by molar-refractivity contribution is 9.10. The van der Waals surface area contributed by atoms with E-state index < -0.39 is 6.61 Å². The van der Waals surface area contributed by atoms with Crippen molar-refractivity contribution in [2.45, 2.75) is 13.2 Å². The van der Waals surface area contributed by atoms with Crippen molar-refractivity contribution in [1.29, 1.82) is 0 Å². The molecule has 0 amide bonds. The van der Waals surface area contributed by atoms with Crippen LogP contribution in [0.1, 0.15) is 5.56 Å². The summed E-state index contributed by atoms with van der Waals surface area (Å²) in [5.41, 5.74) is 0.598. The number of benzene rings is 1. The molecule has 1 aromatic carbocycles. The van der Waals surface area contributed by atoms with E-state index in [0.717, 1.165) is 23.4 Å². The van der Waals surface area contributed by atoms with E-state index in [-0.39, 0.29) is 5.75 Å². The van der Waals surface area contributed by atoms with Crippen LogP contribution in [0.5, 0.6) is 5.75 Å². The molecular formula is C16H17BrF2N4O2. The zero-order valence-electron chi connectivity index (χ0n) is 13.3. The van der Waals surface area contributed by atoms with Crippen LogP contribution in [0.4, 0.5) is 20.4 Å². The highest BCUT2D eigenvalue weighted by Gasteiger charge is 2.14. The predicted molar refractivity (Wildman–Crippen MR) is 93.2 cm³/mol. The number of ether oxygens (including phenoxy) is 2. The summed E-state index contributed by atoms with van der Waals surface area (Å²) < 4.78 is 35.7. The summed E-state index contributed by atoms with van der Waals surface area (Å²) in [4.78, 5) is 10.6. The van der Waals surface area contributed by atoms with Crippen molar-refractivity contribution in [2.75, 3.05) is 36.5 Å². The Hall–Kier alpha value is -2.00. The van der Waals surface area contributed by atoms with Gasteiger partial charge in [0.1, 0.15) is 23.7 Å². The van der Waals surface area contributed by atoms with Crippen LogP contribution in [-0.4, -0.2) is 42.9 Å². The summed E-state index contributed by atoms with van der Waals surface area (Å²) in [5, 5.41) is 3.13. The summed E-state index contributed by atoms with van der Waals surface area (Å²) in [6.07, 6.45) is 1.48. The van der Waals surface area contributed by atoms with Gasteiger partial charge in [0.05, 0.1) is 13.2 Å². The van der Waals surface area contributed by atoms with Crippen molar-refractivity contribution in [3.63, 3.8) is 0 Å². The monoisotopic (exact) mass is 414 g/mol. The van der Waals surface area contributed by atoms with Crippen LogP contribution in [0.3, 0.4) is 0 Å². The van der Waals surface area contributed by atoms with Gasteiger partial charge in [-0.1, -0.05) is 15.9 Å². The molecule has 0 saturated carbocycles. The molecule has 1 N–H and O–H groups in total. The minimum Gasteiger partial charge on any atom is -0.434 e. The largest absolute Gasteiger partial charge is 0.434 e. The van der Waals surface area contributed by atoms with E-state index >= 15 is 0 Å². The van der Waals surface area contributed by atoms with Crippen molar-refractivity contribution in [1.82, 2.24) is 9.97 Å². The molecule has 3 rings (SSSR count). The Labute approximate surface area is 152 Å². The number of hydrogen-bond donors (Lipinski definition) is 1. The molecule has 0 atom stereocenters. The first-order valence-electron chi connectivity index (χ1n) is 7.73. The fourth-order valence-electron chi connectivity index (χ4n) is 2.49. The molecule has 0 unspecified atom stereocenters. The second-order valence-corrected chi connectivity index (χ2v) is 6.26. The van der Waals surface area contributed by atoms with Crippen LogP contribution in [0.25, 0.3) is 0 Å². The molecule has 2 heterocycles. The van der Waals surface area contributed by atoms with E-state index in [9.17, 15) is 8.78 Å².